The molecule has 68 heavy (non-hydrogen) atoms. The third kappa shape index (κ3) is 6.86. The number of pyridine rings is 1. The summed E-state index contributed by atoms with van der Waals surface area (Å²) in [4.78, 5) is 4.87. The first-order valence-electron chi connectivity index (χ1n) is 21.4. The van der Waals surface area contributed by atoms with Crippen molar-refractivity contribution in [1.29, 1.82) is 21.0 Å². The van der Waals surface area contributed by atoms with Gasteiger partial charge in [0.1, 0.15) is 0 Å². The van der Waals surface area contributed by atoms with Crippen molar-refractivity contribution in [2.75, 3.05) is 0 Å². The van der Waals surface area contributed by atoms with Gasteiger partial charge in [0.05, 0.1) is 96.9 Å². The topological polar surface area (TPSA) is 118 Å². The number of nitrogens with zero attached hydrogens (tertiary/aromatic N) is 7. The number of aromatic nitrogens is 3. The van der Waals surface area contributed by atoms with Crippen LogP contribution in [0.2, 0.25) is 0 Å². The summed E-state index contributed by atoms with van der Waals surface area (Å²) in [6.07, 6.45) is -4.85. The zero-order valence-electron chi connectivity index (χ0n) is 35.6. The number of benzene rings is 8. The van der Waals surface area contributed by atoms with Gasteiger partial charge in [0.15, 0.2) is 0 Å². The molecule has 0 aliphatic carbocycles. The number of halogens is 3. The molecule has 3 heterocycles. The van der Waals surface area contributed by atoms with E-state index in [2.05, 4.69) is 24.3 Å². The van der Waals surface area contributed by atoms with Gasteiger partial charge < -0.3 is 9.13 Å². The first-order valence-corrected chi connectivity index (χ1v) is 21.4. The lowest BCUT2D eigenvalue weighted by Crippen LogP contribution is -2.12. The summed E-state index contributed by atoms with van der Waals surface area (Å²) in [6.45, 7) is 0. The fourth-order valence-electron chi connectivity index (χ4n) is 9.40. The van der Waals surface area contributed by atoms with Crippen molar-refractivity contribution < 1.29 is 13.2 Å². The van der Waals surface area contributed by atoms with Crippen LogP contribution in [0, 0.1) is 45.3 Å². The van der Waals surface area contributed by atoms with Crippen molar-refractivity contribution in [2.24, 2.45) is 0 Å². The van der Waals surface area contributed by atoms with Gasteiger partial charge in [0, 0.05) is 32.7 Å². The lowest BCUT2D eigenvalue weighted by atomic mass is 9.98. The van der Waals surface area contributed by atoms with Gasteiger partial charge in [-0.1, -0.05) is 97.1 Å². The average molecular weight is 882 g/mol. The second-order valence-corrected chi connectivity index (χ2v) is 16.4. The van der Waals surface area contributed by atoms with E-state index in [1.807, 2.05) is 124 Å². The molecule has 3 aromatic heterocycles. The summed E-state index contributed by atoms with van der Waals surface area (Å²) >= 11 is 0. The molecule has 11 aromatic rings. The zero-order chi connectivity index (χ0) is 46.7. The highest BCUT2D eigenvalue weighted by atomic mass is 19.4. The van der Waals surface area contributed by atoms with Gasteiger partial charge in [-0.05, 0) is 107 Å². The van der Waals surface area contributed by atoms with E-state index >= 15 is 13.2 Å². The first-order chi connectivity index (χ1) is 33.1. The van der Waals surface area contributed by atoms with Crippen LogP contribution in [0.1, 0.15) is 27.8 Å². The Morgan fingerprint density at radius 1 is 0.368 bits per heavy atom. The predicted octanol–water partition coefficient (Wildman–Crippen LogP) is 14.4. The van der Waals surface area contributed by atoms with Crippen LogP contribution in [0.25, 0.3) is 99.8 Å². The van der Waals surface area contributed by atoms with Crippen molar-refractivity contribution in [3.05, 3.63) is 210 Å². The van der Waals surface area contributed by atoms with E-state index in [1.54, 1.807) is 48.5 Å². The number of para-hydroxylation sites is 2. The molecule has 0 spiro atoms. The largest absolute Gasteiger partial charge is 0.417 e. The molecule has 0 aliphatic heterocycles. The van der Waals surface area contributed by atoms with Gasteiger partial charge in [0.2, 0.25) is 0 Å². The molecule has 0 saturated heterocycles. The van der Waals surface area contributed by atoms with Gasteiger partial charge in [-0.3, -0.25) is 0 Å². The average Bonchev–Trinajstić information content (AvgIpc) is 3.89. The van der Waals surface area contributed by atoms with E-state index < -0.39 is 11.7 Å². The van der Waals surface area contributed by atoms with Crippen LogP contribution >= 0.6 is 0 Å². The molecule has 0 N–H and O–H groups in total. The Kier molecular flexibility index (Phi) is 9.68. The minimum Gasteiger partial charge on any atom is -0.307 e. The van der Waals surface area contributed by atoms with Crippen LogP contribution in [-0.2, 0) is 6.18 Å². The molecular formula is C58H30F3N7. The lowest BCUT2D eigenvalue weighted by molar-refractivity contribution is -0.137. The predicted molar refractivity (Wildman–Crippen MR) is 259 cm³/mol. The van der Waals surface area contributed by atoms with Crippen LogP contribution < -0.4 is 0 Å². The zero-order valence-corrected chi connectivity index (χ0v) is 35.6. The maximum atomic E-state index is 16.0. The lowest BCUT2D eigenvalue weighted by Gasteiger charge is -2.22. The third-order valence-electron chi connectivity index (χ3n) is 12.4. The summed E-state index contributed by atoms with van der Waals surface area (Å²) in [5, 5.41) is 42.8. The van der Waals surface area contributed by atoms with E-state index in [-0.39, 0.29) is 16.9 Å². The third-order valence-corrected chi connectivity index (χ3v) is 12.4. The molecule has 10 heteroatoms. The van der Waals surface area contributed by atoms with Gasteiger partial charge >= 0.3 is 6.18 Å². The van der Waals surface area contributed by atoms with E-state index in [9.17, 15) is 21.0 Å². The number of nitriles is 4. The summed E-state index contributed by atoms with van der Waals surface area (Å²) < 4.78 is 51.9. The molecule has 8 aromatic carbocycles. The number of rotatable bonds is 6. The molecule has 318 valence electrons. The molecule has 0 radical (unpaired) electrons. The minimum atomic E-state index is -4.85. The summed E-state index contributed by atoms with van der Waals surface area (Å²) in [5.74, 6) is 0. The minimum absolute atomic E-state index is 0.125. The molecular weight excluding hydrogens is 852 g/mol. The van der Waals surface area contributed by atoms with Gasteiger partial charge in [0.25, 0.3) is 0 Å². The number of fused-ring (bicyclic) bond motifs is 6. The van der Waals surface area contributed by atoms with Gasteiger partial charge in [-0.15, -0.1) is 0 Å². The molecule has 0 unspecified atom stereocenters. The smallest absolute Gasteiger partial charge is 0.307 e. The number of alkyl halides is 3. The fraction of sp³-hybridized carbons (Fsp3) is 0.0172. The second kappa shape index (κ2) is 16.1. The summed E-state index contributed by atoms with van der Waals surface area (Å²) in [7, 11) is 0. The monoisotopic (exact) mass is 881 g/mol. The van der Waals surface area contributed by atoms with E-state index in [1.165, 1.54) is 18.2 Å². The highest BCUT2D eigenvalue weighted by Gasteiger charge is 2.36. The molecule has 0 bridgehead atoms. The Morgan fingerprint density at radius 3 is 1.29 bits per heavy atom. The van der Waals surface area contributed by atoms with Crippen molar-refractivity contribution in [3.63, 3.8) is 0 Å². The van der Waals surface area contributed by atoms with Crippen molar-refractivity contribution >= 4 is 43.6 Å². The SMILES string of the molecule is N#Cc1cc(C#N)cc(-c2ccc3c4ccccc4n(-c4cc(-c5cccc(-c6ccccc6)n5)c(C(F)(F)F)cc4-n4c5ccccc5c5ccc(-c6cc(C#N)cc(C#N)c6)cc54)c3c2)c1. The Bertz CT molecular complexity index is 4010. The molecule has 0 aliphatic rings. The quantitative estimate of drug-likeness (QED) is 0.165. The molecule has 0 fully saturated rings. The highest BCUT2D eigenvalue weighted by Crippen LogP contribution is 2.46. The van der Waals surface area contributed by atoms with Crippen molar-refractivity contribution in [2.45, 2.75) is 6.18 Å². The Labute approximate surface area is 386 Å². The van der Waals surface area contributed by atoms with Crippen LogP contribution in [0.3, 0.4) is 0 Å². The molecule has 11 rings (SSSR count). The van der Waals surface area contributed by atoms with Crippen LogP contribution in [-0.4, -0.2) is 14.1 Å². The number of hydrogen-bond donors (Lipinski definition) is 0. The van der Waals surface area contributed by atoms with E-state index in [0.29, 0.717) is 72.4 Å². The number of hydrogen-bond acceptors (Lipinski definition) is 5. The van der Waals surface area contributed by atoms with Crippen LogP contribution in [0.15, 0.2) is 182 Å². The molecule has 0 atom stereocenters. The van der Waals surface area contributed by atoms with Crippen molar-refractivity contribution in [1.82, 2.24) is 14.1 Å². The maximum Gasteiger partial charge on any atom is 0.417 e. The van der Waals surface area contributed by atoms with E-state index in [4.69, 9.17) is 4.98 Å². The molecule has 0 saturated carbocycles. The fourth-order valence-corrected chi connectivity index (χ4v) is 9.40. The molecule has 0 amide bonds. The van der Waals surface area contributed by atoms with E-state index in [0.717, 1.165) is 32.6 Å². The Morgan fingerprint density at radius 2 is 0.809 bits per heavy atom. The van der Waals surface area contributed by atoms with Crippen molar-refractivity contribution in [3.8, 4) is 80.4 Å². The Balaban J connectivity index is 1.29. The summed E-state index contributed by atoms with van der Waals surface area (Å²) in [6, 6.07) is 62.4. The second-order valence-electron chi connectivity index (χ2n) is 16.4. The first kappa shape index (κ1) is 41.0. The highest BCUT2D eigenvalue weighted by molar-refractivity contribution is 6.13. The van der Waals surface area contributed by atoms with Gasteiger partial charge in [-0.25, -0.2) is 4.98 Å². The standard InChI is InChI=1S/C58H30F3N7/c59-58(60,61)49-30-57(68-53-16-7-5-12-45(53)47-20-18-41(28-55(47)68)43-25-37(33-64)22-38(26-43)34-65)56(29-48(49)51-14-8-13-50(66-51)39-9-2-1-3-10-39)67-52-15-6-4-11-44(52)46-19-17-40(27-54(46)67)42-23-35(31-62)21-36(24-42)32-63/h1-30H. The maximum absolute atomic E-state index is 16.0. The summed E-state index contributed by atoms with van der Waals surface area (Å²) in [5.41, 5.74) is 7.43. The Hall–Kier alpha value is -9.74. The van der Waals surface area contributed by atoms with Crippen LogP contribution in [0.4, 0.5) is 13.2 Å². The van der Waals surface area contributed by atoms with Crippen LogP contribution in [0.5, 0.6) is 0 Å². The van der Waals surface area contributed by atoms with Gasteiger partial charge in [-0.2, -0.15) is 34.2 Å². The normalized spacial score (nSPS) is 11.4. The molecule has 7 nitrogen and oxygen atoms in total.